The number of ether oxygens (including phenoxy) is 1. The maximum Gasteiger partial charge on any atom is 0.407 e. The van der Waals surface area contributed by atoms with Crippen molar-refractivity contribution in [2.45, 2.75) is 82.6 Å². The number of amides is 1. The van der Waals surface area contributed by atoms with Gasteiger partial charge in [0.05, 0.1) is 6.10 Å². The zero-order valence-electron chi connectivity index (χ0n) is 17.9. The van der Waals surface area contributed by atoms with E-state index in [9.17, 15) is 9.90 Å². The molecule has 1 aromatic rings. The third kappa shape index (κ3) is 4.38. The second kappa shape index (κ2) is 8.51. The Kier molecular flexibility index (Phi) is 5.76. The van der Waals surface area contributed by atoms with Crippen LogP contribution in [0.15, 0.2) is 30.3 Å². The van der Waals surface area contributed by atoms with Gasteiger partial charge in [0, 0.05) is 18.6 Å². The molecule has 5 atom stereocenters. The van der Waals surface area contributed by atoms with Crippen LogP contribution in [0, 0.1) is 23.2 Å². The van der Waals surface area contributed by atoms with Crippen molar-refractivity contribution in [3.63, 3.8) is 0 Å². The lowest BCUT2D eigenvalue weighted by molar-refractivity contribution is -0.0787. The number of hydrogen-bond donors (Lipinski definition) is 3. The molecule has 164 valence electrons. The van der Waals surface area contributed by atoms with E-state index in [1.165, 1.54) is 32.1 Å². The van der Waals surface area contributed by atoms with Crippen LogP contribution >= 0.6 is 0 Å². The molecule has 0 saturated heterocycles. The standard InChI is InChI=1S/C25H36N2O3/c28-22-8-6-21(7-9-22)27-23-19-10-18-11-20(23)14-25(12-18,13-19)16-26-24(29)30-15-17-4-2-1-3-5-17/h1-5,18-23,27-28H,6-16H2,(H,26,29)/t18?,19-,20+,21-,22-,23-,25+. The fourth-order valence-corrected chi connectivity index (χ4v) is 7.23. The molecule has 5 fully saturated rings. The Bertz CT molecular complexity index is 715. The Morgan fingerprint density at radius 2 is 1.73 bits per heavy atom. The number of rotatable bonds is 6. The van der Waals surface area contributed by atoms with Crippen molar-refractivity contribution in [3.8, 4) is 0 Å². The molecular formula is C25H36N2O3. The zero-order chi connectivity index (χ0) is 20.6. The lowest BCUT2D eigenvalue weighted by atomic mass is 9.48. The molecule has 5 aliphatic rings. The van der Waals surface area contributed by atoms with Gasteiger partial charge in [0.25, 0.3) is 0 Å². The Balaban J connectivity index is 1.13. The fraction of sp³-hybridized carbons (Fsp3) is 0.720. The summed E-state index contributed by atoms with van der Waals surface area (Å²) in [4.78, 5) is 12.3. The minimum absolute atomic E-state index is 0.0856. The lowest BCUT2D eigenvalue weighted by Crippen LogP contribution is -2.62. The number of aliphatic hydroxyl groups is 1. The molecule has 5 saturated carbocycles. The van der Waals surface area contributed by atoms with E-state index >= 15 is 0 Å². The first-order valence-corrected chi connectivity index (χ1v) is 12.0. The molecule has 0 heterocycles. The van der Waals surface area contributed by atoms with Gasteiger partial charge >= 0.3 is 6.09 Å². The highest BCUT2D eigenvalue weighted by atomic mass is 16.5. The van der Waals surface area contributed by atoms with Crippen molar-refractivity contribution in [1.82, 2.24) is 10.6 Å². The number of benzene rings is 1. The van der Waals surface area contributed by atoms with Crippen LogP contribution in [0.25, 0.3) is 0 Å². The SMILES string of the molecule is O=C(NC[C@@]12CC3C[C@H](C1)[C@@H](N[C@H]1CC[C@H](O)CC1)[C@@H](C3)C2)OCc1ccccc1. The van der Waals surface area contributed by atoms with Crippen LogP contribution in [0.2, 0.25) is 0 Å². The molecule has 5 aliphatic carbocycles. The van der Waals surface area contributed by atoms with Gasteiger partial charge in [0.2, 0.25) is 0 Å². The largest absolute Gasteiger partial charge is 0.445 e. The molecule has 3 N–H and O–H groups in total. The van der Waals surface area contributed by atoms with E-state index in [1.807, 2.05) is 30.3 Å². The predicted octanol–water partition coefficient (Wildman–Crippen LogP) is 4.00. The minimum atomic E-state index is -0.287. The number of nitrogens with one attached hydrogen (secondary N) is 2. The molecule has 0 spiro atoms. The molecule has 4 bridgehead atoms. The average Bonchev–Trinajstić information content (AvgIpc) is 2.75. The summed E-state index contributed by atoms with van der Waals surface area (Å²) in [5.41, 5.74) is 1.29. The first-order chi connectivity index (χ1) is 14.6. The third-order valence-electron chi connectivity index (χ3n) is 8.35. The van der Waals surface area contributed by atoms with Crippen LogP contribution in [-0.2, 0) is 11.3 Å². The molecule has 1 unspecified atom stereocenters. The highest BCUT2D eigenvalue weighted by Gasteiger charge is 2.55. The van der Waals surface area contributed by atoms with Crippen LogP contribution in [0.3, 0.4) is 0 Å². The molecular weight excluding hydrogens is 376 g/mol. The summed E-state index contributed by atoms with van der Waals surface area (Å²) in [5, 5.41) is 16.9. The molecule has 0 radical (unpaired) electrons. The average molecular weight is 413 g/mol. The number of hydrogen-bond acceptors (Lipinski definition) is 4. The number of carbonyl (C=O) groups excluding carboxylic acids is 1. The molecule has 6 rings (SSSR count). The third-order valence-corrected chi connectivity index (χ3v) is 8.35. The Morgan fingerprint density at radius 1 is 1.03 bits per heavy atom. The molecule has 0 aromatic heterocycles. The summed E-state index contributed by atoms with van der Waals surface area (Å²) in [6.07, 6.45) is 10.2. The van der Waals surface area contributed by atoms with Gasteiger partial charge in [-0.15, -0.1) is 0 Å². The van der Waals surface area contributed by atoms with Gasteiger partial charge < -0.3 is 20.5 Å². The van der Waals surface area contributed by atoms with Crippen molar-refractivity contribution in [2.24, 2.45) is 23.2 Å². The van der Waals surface area contributed by atoms with Gasteiger partial charge in [-0.25, -0.2) is 4.79 Å². The summed E-state index contributed by atoms with van der Waals surface area (Å²) in [7, 11) is 0. The van der Waals surface area contributed by atoms with Crippen molar-refractivity contribution >= 4 is 6.09 Å². The maximum absolute atomic E-state index is 12.3. The Morgan fingerprint density at radius 3 is 2.43 bits per heavy atom. The lowest BCUT2D eigenvalue weighted by Gasteiger charge is -2.61. The van der Waals surface area contributed by atoms with Gasteiger partial charge in [-0.3, -0.25) is 0 Å². The van der Waals surface area contributed by atoms with E-state index in [-0.39, 0.29) is 17.6 Å². The molecule has 1 amide bonds. The maximum atomic E-state index is 12.3. The van der Waals surface area contributed by atoms with Crippen molar-refractivity contribution in [1.29, 1.82) is 0 Å². The van der Waals surface area contributed by atoms with Gasteiger partial charge in [-0.2, -0.15) is 0 Å². The smallest absolute Gasteiger partial charge is 0.407 e. The minimum Gasteiger partial charge on any atom is -0.445 e. The van der Waals surface area contributed by atoms with Crippen LogP contribution in [0.1, 0.15) is 63.4 Å². The first kappa shape index (κ1) is 20.3. The number of alkyl carbamates (subject to hydrolysis) is 1. The molecule has 0 aliphatic heterocycles. The number of aliphatic hydroxyl groups excluding tert-OH is 1. The predicted molar refractivity (Wildman–Crippen MR) is 116 cm³/mol. The van der Waals surface area contributed by atoms with Crippen molar-refractivity contribution in [3.05, 3.63) is 35.9 Å². The van der Waals surface area contributed by atoms with Gasteiger partial charge in [0.15, 0.2) is 0 Å². The van der Waals surface area contributed by atoms with E-state index in [0.29, 0.717) is 18.7 Å². The van der Waals surface area contributed by atoms with Gasteiger partial charge in [-0.05, 0) is 86.5 Å². The van der Waals surface area contributed by atoms with Crippen LogP contribution < -0.4 is 10.6 Å². The van der Waals surface area contributed by atoms with Gasteiger partial charge in [-0.1, -0.05) is 30.3 Å². The van der Waals surface area contributed by atoms with E-state index in [4.69, 9.17) is 4.74 Å². The number of carbonyl (C=O) groups is 1. The molecule has 1 aromatic carbocycles. The van der Waals surface area contributed by atoms with E-state index in [2.05, 4.69) is 10.6 Å². The Hall–Kier alpha value is -1.59. The monoisotopic (exact) mass is 412 g/mol. The molecule has 30 heavy (non-hydrogen) atoms. The summed E-state index contributed by atoms with van der Waals surface area (Å²) in [6, 6.07) is 11.1. The fourth-order valence-electron chi connectivity index (χ4n) is 7.23. The van der Waals surface area contributed by atoms with Crippen LogP contribution in [-0.4, -0.2) is 35.9 Å². The molecule has 5 nitrogen and oxygen atoms in total. The van der Waals surface area contributed by atoms with E-state index in [1.54, 1.807) is 0 Å². The van der Waals surface area contributed by atoms with Crippen molar-refractivity contribution in [2.75, 3.05) is 6.54 Å². The summed E-state index contributed by atoms with van der Waals surface area (Å²) in [5.74, 6) is 2.31. The second-order valence-electron chi connectivity index (χ2n) is 10.6. The first-order valence-electron chi connectivity index (χ1n) is 12.0. The normalized spacial score (nSPS) is 39.6. The van der Waals surface area contributed by atoms with Crippen molar-refractivity contribution < 1.29 is 14.6 Å². The van der Waals surface area contributed by atoms with E-state index in [0.717, 1.165) is 55.5 Å². The summed E-state index contributed by atoms with van der Waals surface area (Å²) in [6.45, 7) is 1.09. The highest BCUT2D eigenvalue weighted by Crippen LogP contribution is 2.60. The summed E-state index contributed by atoms with van der Waals surface area (Å²) < 4.78 is 5.44. The zero-order valence-corrected chi connectivity index (χ0v) is 17.9. The summed E-state index contributed by atoms with van der Waals surface area (Å²) >= 11 is 0. The topological polar surface area (TPSA) is 70.6 Å². The molecule has 5 heteroatoms. The van der Waals surface area contributed by atoms with Crippen LogP contribution in [0.4, 0.5) is 4.79 Å². The van der Waals surface area contributed by atoms with Gasteiger partial charge in [0.1, 0.15) is 6.61 Å². The quantitative estimate of drug-likeness (QED) is 0.660. The Labute approximate surface area is 180 Å². The van der Waals surface area contributed by atoms with E-state index < -0.39 is 0 Å². The van der Waals surface area contributed by atoms with Crippen LogP contribution in [0.5, 0.6) is 0 Å². The highest BCUT2D eigenvalue weighted by molar-refractivity contribution is 5.67. The second-order valence-corrected chi connectivity index (χ2v) is 10.6.